The van der Waals surface area contributed by atoms with Gasteiger partial charge in [-0.25, -0.2) is 0 Å². The van der Waals surface area contributed by atoms with Gasteiger partial charge in [0.2, 0.25) is 0 Å². The van der Waals surface area contributed by atoms with Gasteiger partial charge in [0.05, 0.1) is 11.5 Å². The predicted octanol–water partition coefficient (Wildman–Crippen LogP) is 2.62. The molecule has 0 atom stereocenters. The maximum Gasteiger partial charge on any atom is 0.283 e. The minimum Gasteiger partial charge on any atom is -0.380 e. The van der Waals surface area contributed by atoms with Crippen LogP contribution in [0.5, 0.6) is 0 Å². The van der Waals surface area contributed by atoms with E-state index < -0.39 is 10.8 Å². The van der Waals surface area contributed by atoms with E-state index in [1.54, 1.807) is 0 Å². The highest BCUT2D eigenvalue weighted by atomic mass is 35.5. The Morgan fingerprint density at radius 1 is 1.40 bits per heavy atom. The third-order valence-electron chi connectivity index (χ3n) is 2.37. The van der Waals surface area contributed by atoms with Crippen LogP contribution in [0, 0.1) is 10.1 Å². The highest BCUT2D eigenvalue weighted by Gasteiger charge is 2.19. The number of hydrogen-bond donors (Lipinski definition) is 1. The van der Waals surface area contributed by atoms with Crippen LogP contribution >= 0.6 is 23.2 Å². The Kier molecular flexibility index (Phi) is 7.28. The van der Waals surface area contributed by atoms with E-state index in [4.69, 9.17) is 27.9 Å². The molecular formula is C12H14Cl2N2O4. The highest BCUT2D eigenvalue weighted by molar-refractivity contribution is 6.31. The second-order valence-electron chi connectivity index (χ2n) is 3.83. The standard InChI is InChI=1S/C12H14Cl2N2O4/c13-4-7-20-6-1-5-15-12(17)10-3-2-9(14)8-11(10)16(18)19/h2-3,8H,1,4-7H2,(H,15,17). The normalized spacial score (nSPS) is 10.3. The molecule has 8 heteroatoms. The summed E-state index contributed by atoms with van der Waals surface area (Å²) in [5, 5.41) is 13.7. The first kappa shape index (κ1) is 16.7. The number of nitrogens with zero attached hydrogens (tertiary/aromatic N) is 1. The first-order valence-corrected chi connectivity index (χ1v) is 6.83. The molecule has 0 radical (unpaired) electrons. The van der Waals surface area contributed by atoms with Crippen molar-refractivity contribution >= 4 is 34.8 Å². The van der Waals surface area contributed by atoms with Crippen LogP contribution in [0.25, 0.3) is 0 Å². The molecule has 0 aromatic heterocycles. The summed E-state index contributed by atoms with van der Waals surface area (Å²) in [6, 6.07) is 3.92. The lowest BCUT2D eigenvalue weighted by atomic mass is 10.1. The maximum absolute atomic E-state index is 11.8. The molecule has 0 heterocycles. The van der Waals surface area contributed by atoms with Crippen molar-refractivity contribution in [3.63, 3.8) is 0 Å². The molecule has 0 aliphatic rings. The number of amides is 1. The average molecular weight is 321 g/mol. The Bertz CT molecular complexity index is 483. The van der Waals surface area contributed by atoms with Crippen molar-refractivity contribution < 1.29 is 14.5 Å². The molecule has 110 valence electrons. The number of carbonyl (C=O) groups is 1. The van der Waals surface area contributed by atoms with Gasteiger partial charge in [-0.3, -0.25) is 14.9 Å². The van der Waals surface area contributed by atoms with Crippen molar-refractivity contribution in [1.82, 2.24) is 5.32 Å². The number of benzene rings is 1. The van der Waals surface area contributed by atoms with E-state index in [0.29, 0.717) is 32.1 Å². The van der Waals surface area contributed by atoms with Crippen LogP contribution in [0.1, 0.15) is 16.8 Å². The lowest BCUT2D eigenvalue weighted by Gasteiger charge is -2.06. The number of nitro groups is 1. The van der Waals surface area contributed by atoms with Crippen molar-refractivity contribution in [1.29, 1.82) is 0 Å². The van der Waals surface area contributed by atoms with Crippen molar-refractivity contribution in [3.8, 4) is 0 Å². The maximum atomic E-state index is 11.8. The van der Waals surface area contributed by atoms with Gasteiger partial charge in [0.25, 0.3) is 11.6 Å². The molecule has 20 heavy (non-hydrogen) atoms. The molecule has 6 nitrogen and oxygen atoms in total. The third-order valence-corrected chi connectivity index (χ3v) is 2.76. The summed E-state index contributed by atoms with van der Waals surface area (Å²) in [7, 11) is 0. The highest BCUT2D eigenvalue weighted by Crippen LogP contribution is 2.22. The van der Waals surface area contributed by atoms with Crippen molar-refractivity contribution in [2.75, 3.05) is 25.6 Å². The monoisotopic (exact) mass is 320 g/mol. The van der Waals surface area contributed by atoms with E-state index in [1.165, 1.54) is 12.1 Å². The van der Waals surface area contributed by atoms with Gasteiger partial charge in [0.1, 0.15) is 5.56 Å². The van der Waals surface area contributed by atoms with E-state index in [9.17, 15) is 14.9 Å². The van der Waals surface area contributed by atoms with Crippen LogP contribution < -0.4 is 5.32 Å². The van der Waals surface area contributed by atoms with Crippen LogP contribution in [0.2, 0.25) is 5.02 Å². The van der Waals surface area contributed by atoms with Gasteiger partial charge in [-0.15, -0.1) is 11.6 Å². The topological polar surface area (TPSA) is 81.5 Å². The van der Waals surface area contributed by atoms with Crippen LogP contribution in [-0.4, -0.2) is 36.5 Å². The lowest BCUT2D eigenvalue weighted by molar-refractivity contribution is -0.385. The molecule has 1 rings (SSSR count). The van der Waals surface area contributed by atoms with Crippen molar-refractivity contribution in [2.24, 2.45) is 0 Å². The zero-order valence-electron chi connectivity index (χ0n) is 10.6. The number of nitro benzene ring substituents is 1. The van der Waals surface area contributed by atoms with E-state index >= 15 is 0 Å². The molecule has 0 fully saturated rings. The van der Waals surface area contributed by atoms with Gasteiger partial charge >= 0.3 is 0 Å². The molecule has 0 unspecified atom stereocenters. The van der Waals surface area contributed by atoms with Gasteiger partial charge in [-0.2, -0.15) is 0 Å². The second-order valence-corrected chi connectivity index (χ2v) is 4.64. The molecule has 0 saturated carbocycles. The Morgan fingerprint density at radius 3 is 2.80 bits per heavy atom. The Morgan fingerprint density at radius 2 is 2.15 bits per heavy atom. The number of halogens is 2. The summed E-state index contributed by atoms with van der Waals surface area (Å²) in [5.41, 5.74) is -0.325. The van der Waals surface area contributed by atoms with E-state index in [-0.39, 0.29) is 16.3 Å². The van der Waals surface area contributed by atoms with Crippen LogP contribution in [0.3, 0.4) is 0 Å². The summed E-state index contributed by atoms with van der Waals surface area (Å²) < 4.78 is 5.14. The van der Waals surface area contributed by atoms with Gasteiger partial charge in [-0.1, -0.05) is 11.6 Å². The fourth-order valence-corrected chi connectivity index (χ4v) is 1.75. The number of alkyl halides is 1. The van der Waals surface area contributed by atoms with Crippen LogP contribution in [0.4, 0.5) is 5.69 Å². The zero-order valence-corrected chi connectivity index (χ0v) is 12.1. The Balaban J connectivity index is 2.53. The fourth-order valence-electron chi connectivity index (χ4n) is 1.48. The van der Waals surface area contributed by atoms with Gasteiger partial charge in [-0.05, 0) is 18.6 Å². The third kappa shape index (κ3) is 5.32. The molecular weight excluding hydrogens is 307 g/mol. The molecule has 1 N–H and O–H groups in total. The van der Waals surface area contributed by atoms with Crippen LogP contribution in [-0.2, 0) is 4.74 Å². The molecule has 0 bridgehead atoms. The second kappa shape index (κ2) is 8.73. The largest absolute Gasteiger partial charge is 0.380 e. The Labute approximate surface area is 126 Å². The Hall–Kier alpha value is -1.37. The lowest BCUT2D eigenvalue weighted by Crippen LogP contribution is -2.26. The molecule has 1 aromatic rings. The van der Waals surface area contributed by atoms with Crippen molar-refractivity contribution in [3.05, 3.63) is 38.9 Å². The molecule has 0 aliphatic heterocycles. The molecule has 1 aromatic carbocycles. The molecule has 0 spiro atoms. The number of hydrogen-bond acceptors (Lipinski definition) is 4. The van der Waals surface area contributed by atoms with Gasteiger partial charge < -0.3 is 10.1 Å². The summed E-state index contributed by atoms with van der Waals surface area (Å²) in [4.78, 5) is 22.1. The molecule has 0 saturated heterocycles. The zero-order chi connectivity index (χ0) is 15.0. The summed E-state index contributed by atoms with van der Waals surface area (Å²) in [6.45, 7) is 1.29. The van der Waals surface area contributed by atoms with E-state index in [1.807, 2.05) is 0 Å². The number of nitrogens with one attached hydrogen (secondary N) is 1. The quantitative estimate of drug-likeness (QED) is 0.345. The minimum absolute atomic E-state index is 0.0129. The van der Waals surface area contributed by atoms with E-state index in [2.05, 4.69) is 5.32 Å². The fraction of sp³-hybridized carbons (Fsp3) is 0.417. The predicted molar refractivity (Wildman–Crippen MR) is 76.6 cm³/mol. The first-order chi connectivity index (χ1) is 9.56. The molecule has 1 amide bonds. The first-order valence-electron chi connectivity index (χ1n) is 5.92. The van der Waals surface area contributed by atoms with E-state index in [0.717, 1.165) is 6.07 Å². The number of carbonyl (C=O) groups excluding carboxylic acids is 1. The summed E-state index contributed by atoms with van der Waals surface area (Å²) >= 11 is 11.1. The van der Waals surface area contributed by atoms with Crippen molar-refractivity contribution in [2.45, 2.75) is 6.42 Å². The smallest absolute Gasteiger partial charge is 0.283 e. The summed E-state index contributed by atoms with van der Waals surface area (Å²) in [6.07, 6.45) is 0.601. The van der Waals surface area contributed by atoms with Crippen LogP contribution in [0.15, 0.2) is 18.2 Å². The number of rotatable bonds is 8. The van der Waals surface area contributed by atoms with Gasteiger partial charge in [0, 0.05) is 30.1 Å². The minimum atomic E-state index is -0.635. The number of ether oxygens (including phenoxy) is 1. The summed E-state index contributed by atoms with van der Waals surface area (Å²) in [5.74, 6) is -0.0886. The average Bonchev–Trinajstić information content (AvgIpc) is 2.42. The van der Waals surface area contributed by atoms with Gasteiger partial charge in [0.15, 0.2) is 0 Å². The SMILES string of the molecule is O=C(NCCCOCCCl)c1ccc(Cl)cc1[N+](=O)[O-]. The molecule has 0 aliphatic carbocycles.